The Morgan fingerprint density at radius 1 is 0.600 bits per heavy atom. The minimum Gasteiger partial charge on any atom is -0.378 e. The van der Waals surface area contributed by atoms with Gasteiger partial charge in [-0.05, 0) is 43.3 Å². The van der Waals surface area contributed by atoms with Crippen molar-refractivity contribution in [2.24, 2.45) is 5.16 Å². The van der Waals surface area contributed by atoms with E-state index in [2.05, 4.69) is 92.7 Å². The molecule has 0 bridgehead atoms. The SMILES string of the molecule is CC(=O)/C(C)=N/OC(c1ccc(N(C)C)cc1)(c1ccc(N(C)C)cc1)c1ccc(N(C)C)cc1. The van der Waals surface area contributed by atoms with Gasteiger partial charge in [-0.1, -0.05) is 41.6 Å². The third kappa shape index (κ3) is 5.48. The van der Waals surface area contributed by atoms with Crippen molar-refractivity contribution < 1.29 is 9.63 Å². The molecule has 3 aromatic rings. The zero-order valence-electron chi connectivity index (χ0n) is 22.0. The van der Waals surface area contributed by atoms with Crippen molar-refractivity contribution in [3.8, 4) is 0 Å². The molecule has 0 heterocycles. The molecule has 0 aromatic heterocycles. The minimum absolute atomic E-state index is 0.132. The first-order chi connectivity index (χ1) is 16.6. The molecule has 0 aliphatic carbocycles. The third-order valence-corrected chi connectivity index (χ3v) is 6.20. The molecule has 0 amide bonds. The Bertz CT molecular complexity index is 1040. The highest BCUT2D eigenvalue weighted by atomic mass is 16.7. The van der Waals surface area contributed by atoms with Crippen molar-refractivity contribution in [2.75, 3.05) is 57.0 Å². The molecule has 0 N–H and O–H groups in total. The van der Waals surface area contributed by atoms with Crippen molar-refractivity contribution in [3.05, 3.63) is 89.5 Å². The monoisotopic (exact) mass is 472 g/mol. The summed E-state index contributed by atoms with van der Waals surface area (Å²) in [6.45, 7) is 3.17. The van der Waals surface area contributed by atoms with Crippen LogP contribution in [0.4, 0.5) is 17.1 Å². The average molecular weight is 473 g/mol. The van der Waals surface area contributed by atoms with Crippen LogP contribution >= 0.6 is 0 Å². The molecule has 0 spiro atoms. The van der Waals surface area contributed by atoms with E-state index in [1.54, 1.807) is 6.92 Å². The molecular formula is C29H36N4O2. The van der Waals surface area contributed by atoms with Crippen LogP contribution in [-0.2, 0) is 15.2 Å². The van der Waals surface area contributed by atoms with Crippen LogP contribution in [0.2, 0.25) is 0 Å². The number of benzene rings is 3. The molecule has 0 saturated heterocycles. The van der Waals surface area contributed by atoms with E-state index in [-0.39, 0.29) is 5.78 Å². The summed E-state index contributed by atoms with van der Waals surface area (Å²) in [7, 11) is 12.1. The van der Waals surface area contributed by atoms with Gasteiger partial charge in [0.1, 0.15) is 5.71 Å². The molecule has 6 heteroatoms. The molecule has 0 saturated carbocycles. The largest absolute Gasteiger partial charge is 0.378 e. The second kappa shape index (κ2) is 10.6. The minimum atomic E-state index is -1.06. The van der Waals surface area contributed by atoms with E-state index in [0.29, 0.717) is 5.71 Å². The molecule has 184 valence electrons. The van der Waals surface area contributed by atoms with Gasteiger partial charge in [0.25, 0.3) is 0 Å². The van der Waals surface area contributed by atoms with Crippen molar-refractivity contribution in [2.45, 2.75) is 19.4 Å². The zero-order chi connectivity index (χ0) is 25.8. The normalized spacial score (nSPS) is 11.7. The van der Waals surface area contributed by atoms with Gasteiger partial charge in [-0.3, -0.25) is 4.79 Å². The fourth-order valence-electron chi connectivity index (χ4n) is 3.84. The average Bonchev–Trinajstić information content (AvgIpc) is 2.85. The van der Waals surface area contributed by atoms with Crippen molar-refractivity contribution in [1.29, 1.82) is 0 Å². The summed E-state index contributed by atoms with van der Waals surface area (Å²) in [6.07, 6.45) is 0. The lowest BCUT2D eigenvalue weighted by atomic mass is 9.80. The molecular weight excluding hydrogens is 436 g/mol. The van der Waals surface area contributed by atoms with E-state index in [1.165, 1.54) is 6.92 Å². The first-order valence-corrected chi connectivity index (χ1v) is 11.6. The predicted molar refractivity (Wildman–Crippen MR) is 147 cm³/mol. The molecule has 0 aliphatic heterocycles. The highest BCUT2D eigenvalue weighted by molar-refractivity contribution is 6.37. The highest BCUT2D eigenvalue weighted by Crippen LogP contribution is 2.42. The smallest absolute Gasteiger partial charge is 0.212 e. The molecule has 0 unspecified atom stereocenters. The number of anilines is 3. The van der Waals surface area contributed by atoms with Crippen LogP contribution in [-0.4, -0.2) is 53.8 Å². The first-order valence-electron chi connectivity index (χ1n) is 11.6. The van der Waals surface area contributed by atoms with Gasteiger partial charge in [-0.25, -0.2) is 0 Å². The van der Waals surface area contributed by atoms with Crippen LogP contribution < -0.4 is 14.7 Å². The van der Waals surface area contributed by atoms with Crippen LogP contribution in [0.3, 0.4) is 0 Å². The second-order valence-corrected chi connectivity index (χ2v) is 9.33. The second-order valence-electron chi connectivity index (χ2n) is 9.33. The number of carbonyl (C=O) groups is 1. The summed E-state index contributed by atoms with van der Waals surface area (Å²) in [6, 6.07) is 24.8. The van der Waals surface area contributed by atoms with Gasteiger partial charge in [0, 0.05) is 83.0 Å². The lowest BCUT2D eigenvalue weighted by Gasteiger charge is -2.34. The van der Waals surface area contributed by atoms with Gasteiger partial charge in [0.15, 0.2) is 5.78 Å². The summed E-state index contributed by atoms with van der Waals surface area (Å²) < 4.78 is 0. The number of hydrogen-bond acceptors (Lipinski definition) is 6. The van der Waals surface area contributed by atoms with Gasteiger partial charge in [-0.2, -0.15) is 0 Å². The maximum Gasteiger partial charge on any atom is 0.212 e. The van der Waals surface area contributed by atoms with Gasteiger partial charge in [0.2, 0.25) is 5.60 Å². The Balaban J connectivity index is 2.31. The standard InChI is InChI=1S/C29H36N4O2/c1-21(22(2)34)30-35-29(23-9-15-26(16-10-23)31(3)4,24-11-17-27(18-12-24)32(5)6)25-13-19-28(20-14-25)33(7)8/h9-20H,1-8H3/b30-21+. The van der Waals surface area contributed by atoms with Crippen LogP contribution in [0.1, 0.15) is 30.5 Å². The highest BCUT2D eigenvalue weighted by Gasteiger charge is 2.40. The van der Waals surface area contributed by atoms with Gasteiger partial charge < -0.3 is 19.5 Å². The van der Waals surface area contributed by atoms with Crippen LogP contribution in [0.15, 0.2) is 78.0 Å². The lowest BCUT2D eigenvalue weighted by Crippen LogP contribution is -2.32. The molecule has 6 nitrogen and oxygen atoms in total. The number of nitrogens with zero attached hydrogens (tertiary/aromatic N) is 4. The van der Waals surface area contributed by atoms with Crippen LogP contribution in [0.25, 0.3) is 0 Å². The van der Waals surface area contributed by atoms with Gasteiger partial charge in [0.05, 0.1) is 0 Å². The van der Waals surface area contributed by atoms with E-state index in [0.717, 1.165) is 33.8 Å². The Morgan fingerprint density at radius 2 is 0.886 bits per heavy atom. The van der Waals surface area contributed by atoms with Crippen molar-refractivity contribution >= 4 is 28.6 Å². The quantitative estimate of drug-likeness (QED) is 0.245. The van der Waals surface area contributed by atoms with Crippen LogP contribution in [0, 0.1) is 0 Å². The number of rotatable bonds is 9. The first kappa shape index (κ1) is 25.8. The zero-order valence-corrected chi connectivity index (χ0v) is 22.0. The lowest BCUT2D eigenvalue weighted by molar-refractivity contribution is -0.111. The molecule has 3 rings (SSSR count). The summed E-state index contributed by atoms with van der Waals surface area (Å²) in [5.74, 6) is -0.132. The molecule has 0 radical (unpaired) electrons. The summed E-state index contributed by atoms with van der Waals surface area (Å²) in [5.41, 5.74) is 5.24. The van der Waals surface area contributed by atoms with Crippen molar-refractivity contribution in [1.82, 2.24) is 0 Å². The Morgan fingerprint density at radius 3 is 1.11 bits per heavy atom. The number of Topliss-reactive ketones (excluding diaryl/α,β-unsaturated/α-hetero) is 1. The Kier molecular flexibility index (Phi) is 7.85. The number of carbonyl (C=O) groups excluding carboxylic acids is 1. The maximum atomic E-state index is 12.0. The van der Waals surface area contributed by atoms with E-state index in [1.807, 2.05) is 42.3 Å². The van der Waals surface area contributed by atoms with Gasteiger partial charge in [-0.15, -0.1) is 0 Å². The topological polar surface area (TPSA) is 48.4 Å². The summed E-state index contributed by atoms with van der Waals surface area (Å²) >= 11 is 0. The fraction of sp³-hybridized carbons (Fsp3) is 0.310. The molecule has 35 heavy (non-hydrogen) atoms. The summed E-state index contributed by atoms with van der Waals surface area (Å²) in [5, 5.41) is 4.33. The Labute approximate surface area is 209 Å². The van der Waals surface area contributed by atoms with E-state index in [9.17, 15) is 4.79 Å². The van der Waals surface area contributed by atoms with E-state index < -0.39 is 5.60 Å². The predicted octanol–water partition coefficient (Wildman–Crippen LogP) is 5.16. The van der Waals surface area contributed by atoms with Crippen LogP contribution in [0.5, 0.6) is 0 Å². The van der Waals surface area contributed by atoms with E-state index >= 15 is 0 Å². The number of oxime groups is 1. The molecule has 0 atom stereocenters. The molecule has 0 fully saturated rings. The summed E-state index contributed by atoms with van der Waals surface area (Å²) in [4.78, 5) is 24.6. The molecule has 3 aromatic carbocycles. The van der Waals surface area contributed by atoms with E-state index in [4.69, 9.17) is 4.84 Å². The third-order valence-electron chi connectivity index (χ3n) is 6.20. The fourth-order valence-corrected chi connectivity index (χ4v) is 3.84. The Hall–Kier alpha value is -3.80. The molecule has 0 aliphatic rings. The number of ketones is 1. The number of hydrogen-bond donors (Lipinski definition) is 0. The van der Waals surface area contributed by atoms with Gasteiger partial charge >= 0.3 is 0 Å². The van der Waals surface area contributed by atoms with Crippen molar-refractivity contribution in [3.63, 3.8) is 0 Å². The maximum absolute atomic E-state index is 12.0.